The molecule has 0 aliphatic heterocycles. The van der Waals surface area contributed by atoms with Crippen LogP contribution in [0.1, 0.15) is 46.5 Å². The van der Waals surface area contributed by atoms with Crippen molar-refractivity contribution in [2.45, 2.75) is 64.4 Å². The van der Waals surface area contributed by atoms with Gasteiger partial charge in [0.2, 0.25) is 0 Å². The number of hydrogen-bond acceptors (Lipinski definition) is 3. The van der Waals surface area contributed by atoms with Gasteiger partial charge in [-0.3, -0.25) is 9.59 Å². The Hall–Kier alpha value is -1.48. The number of esters is 1. The van der Waals surface area contributed by atoms with Crippen molar-refractivity contribution >= 4 is 11.9 Å². The SMILES string of the molecule is CC(C)(C)OC(=O)C1(C2(C(=O)O)C[C@H]2CC(F)(F)F)C[C@H]1CC(F)(F)F. The van der Waals surface area contributed by atoms with Gasteiger partial charge in [0.05, 0.1) is 10.8 Å². The van der Waals surface area contributed by atoms with E-state index in [-0.39, 0.29) is 0 Å². The summed E-state index contributed by atoms with van der Waals surface area (Å²) in [7, 11) is 0. The van der Waals surface area contributed by atoms with Gasteiger partial charge in [-0.15, -0.1) is 0 Å². The number of carboxylic acids is 1. The van der Waals surface area contributed by atoms with E-state index in [1.807, 2.05) is 0 Å². The Morgan fingerprint density at radius 3 is 1.65 bits per heavy atom. The van der Waals surface area contributed by atoms with Crippen LogP contribution in [0.2, 0.25) is 0 Å². The summed E-state index contributed by atoms with van der Waals surface area (Å²) < 4.78 is 81.6. The minimum atomic E-state index is -4.68. The minimum Gasteiger partial charge on any atom is -0.481 e. The Morgan fingerprint density at radius 2 is 1.31 bits per heavy atom. The van der Waals surface area contributed by atoms with E-state index in [1.54, 1.807) is 0 Å². The first-order valence-electron chi connectivity index (χ1n) is 8.05. The first kappa shape index (κ1) is 20.8. The number of halogens is 6. The summed E-state index contributed by atoms with van der Waals surface area (Å²) >= 11 is 0. The van der Waals surface area contributed by atoms with Crippen molar-refractivity contribution in [3.8, 4) is 0 Å². The van der Waals surface area contributed by atoms with Gasteiger partial charge in [0.15, 0.2) is 0 Å². The smallest absolute Gasteiger partial charge is 0.389 e. The van der Waals surface area contributed by atoms with Crippen LogP contribution >= 0.6 is 0 Å². The van der Waals surface area contributed by atoms with Gasteiger partial charge in [-0.25, -0.2) is 0 Å². The van der Waals surface area contributed by atoms with Crippen LogP contribution in [0, 0.1) is 22.7 Å². The Labute approximate surface area is 145 Å². The maximum Gasteiger partial charge on any atom is 0.389 e. The van der Waals surface area contributed by atoms with E-state index in [0.717, 1.165) is 0 Å². The van der Waals surface area contributed by atoms with Crippen molar-refractivity contribution in [2.75, 3.05) is 0 Å². The van der Waals surface area contributed by atoms with Crippen LogP contribution in [0.25, 0.3) is 0 Å². The first-order valence-corrected chi connectivity index (χ1v) is 8.05. The molecular formula is C16H20F6O4. The van der Waals surface area contributed by atoms with Crippen molar-refractivity contribution in [2.24, 2.45) is 22.7 Å². The number of aliphatic carboxylic acids is 1. The first-order chi connectivity index (χ1) is 11.4. The van der Waals surface area contributed by atoms with E-state index < -0.39 is 78.2 Å². The van der Waals surface area contributed by atoms with Gasteiger partial charge in [-0.05, 0) is 45.4 Å². The lowest BCUT2D eigenvalue weighted by Crippen LogP contribution is -2.41. The molecule has 2 saturated carbocycles. The molecule has 0 spiro atoms. The highest BCUT2D eigenvalue weighted by molar-refractivity contribution is 5.93. The fraction of sp³-hybridized carbons (Fsp3) is 0.875. The zero-order chi connectivity index (χ0) is 20.3. The van der Waals surface area contributed by atoms with Gasteiger partial charge in [-0.2, -0.15) is 26.3 Å². The van der Waals surface area contributed by atoms with Crippen LogP contribution < -0.4 is 0 Å². The Morgan fingerprint density at radius 1 is 0.923 bits per heavy atom. The molecular weight excluding hydrogens is 370 g/mol. The lowest BCUT2D eigenvalue weighted by molar-refractivity contribution is -0.177. The fourth-order valence-corrected chi connectivity index (χ4v) is 4.06. The zero-order valence-electron chi connectivity index (χ0n) is 14.4. The molecule has 150 valence electrons. The van der Waals surface area contributed by atoms with E-state index in [2.05, 4.69) is 0 Å². The van der Waals surface area contributed by atoms with E-state index in [9.17, 15) is 41.0 Å². The molecule has 2 aliphatic rings. The predicted octanol–water partition coefficient (Wildman–Crippen LogP) is 4.33. The van der Waals surface area contributed by atoms with Crippen LogP contribution in [0.3, 0.4) is 0 Å². The molecule has 2 rings (SSSR count). The third-order valence-electron chi connectivity index (χ3n) is 5.11. The summed E-state index contributed by atoms with van der Waals surface area (Å²) in [5, 5.41) is 9.55. The van der Waals surface area contributed by atoms with Crippen molar-refractivity contribution in [3.63, 3.8) is 0 Å². The molecule has 2 aliphatic carbocycles. The summed E-state index contributed by atoms with van der Waals surface area (Å²) in [5.74, 6) is -5.67. The number of carbonyl (C=O) groups excluding carboxylic acids is 1. The molecule has 0 aromatic heterocycles. The molecule has 0 bridgehead atoms. The number of alkyl halides is 6. The van der Waals surface area contributed by atoms with Crippen molar-refractivity contribution in [3.05, 3.63) is 0 Å². The van der Waals surface area contributed by atoms with Crippen LogP contribution in [-0.4, -0.2) is 35.0 Å². The maximum atomic E-state index is 12.8. The summed E-state index contributed by atoms with van der Waals surface area (Å²) in [4.78, 5) is 24.4. The molecule has 26 heavy (non-hydrogen) atoms. The van der Waals surface area contributed by atoms with E-state index in [4.69, 9.17) is 4.74 Å². The molecule has 2 fully saturated rings. The highest BCUT2D eigenvalue weighted by atomic mass is 19.4. The Bertz CT molecular complexity index is 605. The van der Waals surface area contributed by atoms with Crippen LogP contribution in [0.15, 0.2) is 0 Å². The van der Waals surface area contributed by atoms with E-state index in [0.29, 0.717) is 0 Å². The highest BCUT2D eigenvalue weighted by Crippen LogP contribution is 2.79. The summed E-state index contributed by atoms with van der Waals surface area (Å²) in [5.41, 5.74) is -5.35. The Kier molecular flexibility index (Phi) is 4.61. The van der Waals surface area contributed by atoms with Crippen molar-refractivity contribution in [1.82, 2.24) is 0 Å². The monoisotopic (exact) mass is 390 g/mol. The predicted molar refractivity (Wildman–Crippen MR) is 75.9 cm³/mol. The van der Waals surface area contributed by atoms with Crippen molar-refractivity contribution in [1.29, 1.82) is 0 Å². The second kappa shape index (κ2) is 5.76. The summed E-state index contributed by atoms with van der Waals surface area (Å²) in [6.07, 6.45) is -13.2. The second-order valence-corrected chi connectivity index (χ2v) is 8.19. The maximum absolute atomic E-state index is 12.8. The second-order valence-electron chi connectivity index (χ2n) is 8.19. The quantitative estimate of drug-likeness (QED) is 0.561. The molecule has 0 radical (unpaired) electrons. The number of ether oxygens (including phenoxy) is 1. The molecule has 4 nitrogen and oxygen atoms in total. The van der Waals surface area contributed by atoms with Gasteiger partial charge in [0, 0.05) is 12.8 Å². The van der Waals surface area contributed by atoms with E-state index >= 15 is 0 Å². The van der Waals surface area contributed by atoms with Gasteiger partial charge in [-0.1, -0.05) is 0 Å². The topological polar surface area (TPSA) is 63.6 Å². The zero-order valence-corrected chi connectivity index (χ0v) is 14.4. The lowest BCUT2D eigenvalue weighted by atomic mass is 9.79. The fourth-order valence-electron chi connectivity index (χ4n) is 4.06. The normalized spacial score (nSPS) is 34.3. The van der Waals surface area contributed by atoms with E-state index in [1.165, 1.54) is 20.8 Å². The lowest BCUT2D eigenvalue weighted by Gasteiger charge is -2.29. The van der Waals surface area contributed by atoms with Crippen LogP contribution in [-0.2, 0) is 14.3 Å². The van der Waals surface area contributed by atoms with Gasteiger partial charge in [0.25, 0.3) is 0 Å². The van der Waals surface area contributed by atoms with Gasteiger partial charge < -0.3 is 9.84 Å². The summed E-state index contributed by atoms with van der Waals surface area (Å²) in [6.45, 7) is 4.36. The molecule has 0 saturated heterocycles. The largest absolute Gasteiger partial charge is 0.481 e. The number of rotatable bonds is 5. The number of hydrogen-bond donors (Lipinski definition) is 1. The summed E-state index contributed by atoms with van der Waals surface area (Å²) in [6, 6.07) is 0. The van der Waals surface area contributed by atoms with Gasteiger partial charge in [0.1, 0.15) is 5.60 Å². The van der Waals surface area contributed by atoms with Crippen LogP contribution in [0.5, 0.6) is 0 Å². The molecule has 0 heterocycles. The third kappa shape index (κ3) is 3.78. The standard InChI is InChI=1S/C16H20F6O4/c1-12(2,3)26-11(25)14(5-9(14)7-16(20,21)22)13(10(23)24)4-8(13)6-15(17,18)19/h8-9H,4-7H2,1-3H3,(H,23,24)/t8-,9-,13?,14?/m0/s1. The third-order valence-corrected chi connectivity index (χ3v) is 5.11. The van der Waals surface area contributed by atoms with Gasteiger partial charge >= 0.3 is 24.3 Å². The highest BCUT2D eigenvalue weighted by Gasteiger charge is 2.84. The number of carbonyl (C=O) groups is 2. The van der Waals surface area contributed by atoms with Crippen LogP contribution in [0.4, 0.5) is 26.3 Å². The number of carboxylic acid groups (broad SMARTS) is 1. The minimum absolute atomic E-state index is 0.442. The average molecular weight is 390 g/mol. The Balaban J connectivity index is 2.38. The average Bonchev–Trinajstić information content (AvgIpc) is 3.19. The van der Waals surface area contributed by atoms with Crippen molar-refractivity contribution < 1.29 is 45.8 Å². The molecule has 0 aromatic rings. The molecule has 0 amide bonds. The molecule has 0 aromatic carbocycles. The molecule has 4 atom stereocenters. The molecule has 10 heteroatoms. The molecule has 1 N–H and O–H groups in total. The molecule has 2 unspecified atom stereocenters.